The Balaban J connectivity index is 0.000000194. The quantitative estimate of drug-likeness (QED) is 0.150. The number of rotatable bonds is 7. The third kappa shape index (κ3) is 8.10. The van der Waals surface area contributed by atoms with Crippen molar-refractivity contribution in [2.24, 2.45) is 0 Å². The molecule has 1 radical (unpaired) electrons. The number of fused-ring (bicyclic) bond motifs is 3. The minimum Gasteiger partial charge on any atom is -0.501 e. The van der Waals surface area contributed by atoms with Crippen LogP contribution >= 0.6 is 0 Å². The van der Waals surface area contributed by atoms with E-state index in [1.165, 1.54) is 33.4 Å². The van der Waals surface area contributed by atoms with Crippen molar-refractivity contribution < 1.29 is 24.5 Å². The minimum absolute atomic E-state index is 0. The van der Waals surface area contributed by atoms with E-state index in [0.717, 1.165) is 50.9 Å². The molecule has 3 aromatic heterocycles. The summed E-state index contributed by atoms with van der Waals surface area (Å²) < 4.78 is 6.45. The molecule has 9 aromatic rings. The summed E-state index contributed by atoms with van der Waals surface area (Å²) in [5.74, 6) is 0.293. The van der Waals surface area contributed by atoms with E-state index >= 15 is 0 Å². The molecule has 0 bridgehead atoms. The molecular formula is C49H36IrN2O-2. The van der Waals surface area contributed by atoms with Crippen molar-refractivity contribution >= 4 is 21.9 Å². The van der Waals surface area contributed by atoms with Crippen LogP contribution in [-0.2, 0) is 26.5 Å². The zero-order valence-corrected chi connectivity index (χ0v) is 31.6. The zero-order chi connectivity index (χ0) is 35.1. The molecule has 0 spiro atoms. The van der Waals surface area contributed by atoms with E-state index in [-0.39, 0.29) is 20.1 Å². The van der Waals surface area contributed by atoms with Crippen LogP contribution in [0.1, 0.15) is 35.1 Å². The van der Waals surface area contributed by atoms with E-state index in [0.29, 0.717) is 5.92 Å². The summed E-state index contributed by atoms with van der Waals surface area (Å²) in [7, 11) is 0. The van der Waals surface area contributed by atoms with Crippen LogP contribution in [-0.4, -0.2) is 9.97 Å². The van der Waals surface area contributed by atoms with Crippen LogP contribution in [0.5, 0.6) is 0 Å². The van der Waals surface area contributed by atoms with Gasteiger partial charge in [0.15, 0.2) is 0 Å². The molecular weight excluding hydrogens is 825 g/mol. The van der Waals surface area contributed by atoms with Crippen LogP contribution in [0.15, 0.2) is 187 Å². The Morgan fingerprint density at radius 2 is 1.26 bits per heavy atom. The molecule has 4 heteroatoms. The molecule has 0 aliphatic rings. The van der Waals surface area contributed by atoms with Gasteiger partial charge in [-0.15, -0.1) is 53.6 Å². The van der Waals surface area contributed by atoms with Crippen LogP contribution in [0.2, 0.25) is 0 Å². The van der Waals surface area contributed by atoms with Gasteiger partial charge >= 0.3 is 0 Å². The molecule has 53 heavy (non-hydrogen) atoms. The summed E-state index contributed by atoms with van der Waals surface area (Å²) >= 11 is 0. The second-order valence-corrected chi connectivity index (χ2v) is 12.9. The van der Waals surface area contributed by atoms with Gasteiger partial charge in [0.25, 0.3) is 0 Å². The summed E-state index contributed by atoms with van der Waals surface area (Å²) in [4.78, 5) is 9.02. The Kier molecular flexibility index (Phi) is 11.1. The fourth-order valence-corrected chi connectivity index (χ4v) is 6.65. The topological polar surface area (TPSA) is 38.9 Å². The Morgan fingerprint density at radius 1 is 0.547 bits per heavy atom. The van der Waals surface area contributed by atoms with Gasteiger partial charge in [-0.25, -0.2) is 0 Å². The summed E-state index contributed by atoms with van der Waals surface area (Å²) in [6.07, 6.45) is 4.55. The number of aromatic nitrogens is 2. The van der Waals surface area contributed by atoms with Crippen LogP contribution in [0.3, 0.4) is 0 Å². The summed E-state index contributed by atoms with van der Waals surface area (Å²) in [6, 6.07) is 65.0. The first-order chi connectivity index (χ1) is 25.7. The molecule has 0 saturated heterocycles. The standard InChI is InChI=1S/C32H24NO.C17H12N.Ir/c1-22(25-11-6-3-7-12-25)26-15-16-27-28-13-8-14-29(32(28)34-31(27)21-26)30-20-24(17-18-33-30)19-23-9-4-2-5-10-23;1-2-7-14(8-3-1)15-9-6-10-16(13-15)17-11-4-5-12-18-17;/h2-13,15-18,20-22H,19H2,1H3;1-9,11-13H;/q2*-1;. The predicted octanol–water partition coefficient (Wildman–Crippen LogP) is 12.4. The van der Waals surface area contributed by atoms with Gasteiger partial charge in [0.05, 0.1) is 5.58 Å². The first kappa shape index (κ1) is 35.5. The van der Waals surface area contributed by atoms with Crippen molar-refractivity contribution in [1.29, 1.82) is 0 Å². The van der Waals surface area contributed by atoms with Crippen LogP contribution in [0.25, 0.3) is 55.6 Å². The predicted molar refractivity (Wildman–Crippen MR) is 213 cm³/mol. The zero-order valence-electron chi connectivity index (χ0n) is 29.2. The van der Waals surface area contributed by atoms with E-state index < -0.39 is 0 Å². The van der Waals surface area contributed by atoms with Crippen molar-refractivity contribution in [1.82, 2.24) is 9.97 Å². The van der Waals surface area contributed by atoms with Gasteiger partial charge in [0.2, 0.25) is 0 Å². The van der Waals surface area contributed by atoms with Gasteiger partial charge in [-0.3, -0.25) is 0 Å². The smallest absolute Gasteiger partial charge is 0.121 e. The molecule has 0 aliphatic heterocycles. The normalized spacial score (nSPS) is 11.3. The molecule has 6 aromatic carbocycles. The van der Waals surface area contributed by atoms with Gasteiger partial charge in [-0.05, 0) is 63.8 Å². The number of furan rings is 1. The second-order valence-electron chi connectivity index (χ2n) is 12.9. The molecule has 259 valence electrons. The monoisotopic (exact) mass is 861 g/mol. The molecule has 1 unspecified atom stereocenters. The number of hydrogen-bond donors (Lipinski definition) is 0. The van der Waals surface area contributed by atoms with Gasteiger partial charge in [-0.1, -0.05) is 139 Å². The van der Waals surface area contributed by atoms with Crippen molar-refractivity contribution in [3.8, 4) is 33.6 Å². The maximum atomic E-state index is 6.45. The van der Waals surface area contributed by atoms with Crippen molar-refractivity contribution in [3.05, 3.63) is 217 Å². The van der Waals surface area contributed by atoms with E-state index in [1.54, 1.807) is 6.20 Å². The van der Waals surface area contributed by atoms with Crippen molar-refractivity contribution in [2.45, 2.75) is 19.3 Å². The number of hydrogen-bond acceptors (Lipinski definition) is 3. The van der Waals surface area contributed by atoms with Crippen molar-refractivity contribution in [2.75, 3.05) is 0 Å². The molecule has 1 atom stereocenters. The summed E-state index contributed by atoms with van der Waals surface area (Å²) in [6.45, 7) is 2.24. The molecule has 9 rings (SSSR count). The van der Waals surface area contributed by atoms with Gasteiger partial charge in [0.1, 0.15) is 5.58 Å². The molecule has 0 aliphatic carbocycles. The van der Waals surface area contributed by atoms with Crippen LogP contribution in [0.4, 0.5) is 0 Å². The average molecular weight is 861 g/mol. The SMILES string of the molecule is CC(c1ccccc1)c1ccc2c(c1)oc1c(-c3cc(Cc4ccccc4)ccn3)[c-]ccc12.[Ir].[c-]1ccc(-c2ccccc2)cc1-c1ccccn1. The summed E-state index contributed by atoms with van der Waals surface area (Å²) in [5.41, 5.74) is 13.0. The average Bonchev–Trinajstić information content (AvgIpc) is 3.61. The fraction of sp³-hybridized carbons (Fsp3) is 0.0612. The second kappa shape index (κ2) is 16.6. The van der Waals surface area contributed by atoms with E-state index in [4.69, 9.17) is 4.42 Å². The van der Waals surface area contributed by atoms with E-state index in [9.17, 15) is 0 Å². The van der Waals surface area contributed by atoms with Gasteiger partial charge in [0, 0.05) is 43.8 Å². The Labute approximate surface area is 324 Å². The maximum Gasteiger partial charge on any atom is 0.121 e. The molecule has 3 heterocycles. The number of nitrogens with zero attached hydrogens (tertiary/aromatic N) is 2. The summed E-state index contributed by atoms with van der Waals surface area (Å²) in [5, 5.41) is 2.22. The van der Waals surface area contributed by atoms with Crippen LogP contribution in [0, 0.1) is 12.1 Å². The molecule has 0 amide bonds. The van der Waals surface area contributed by atoms with Crippen LogP contribution < -0.4 is 0 Å². The first-order valence-corrected chi connectivity index (χ1v) is 17.6. The minimum atomic E-state index is 0. The van der Waals surface area contributed by atoms with Crippen molar-refractivity contribution in [3.63, 3.8) is 0 Å². The van der Waals surface area contributed by atoms with Gasteiger partial charge in [-0.2, -0.15) is 0 Å². The number of benzene rings is 6. The molecule has 0 N–H and O–H groups in total. The molecule has 0 fully saturated rings. The Morgan fingerprint density at radius 3 is 2.04 bits per heavy atom. The third-order valence-corrected chi connectivity index (χ3v) is 9.44. The number of pyridine rings is 2. The Bertz CT molecular complexity index is 2500. The maximum absolute atomic E-state index is 6.45. The molecule has 0 saturated carbocycles. The first-order valence-electron chi connectivity index (χ1n) is 17.6. The Hall–Kier alpha value is -5.93. The fourth-order valence-electron chi connectivity index (χ4n) is 6.65. The molecule has 3 nitrogen and oxygen atoms in total. The van der Waals surface area contributed by atoms with E-state index in [2.05, 4.69) is 144 Å². The largest absolute Gasteiger partial charge is 0.501 e. The third-order valence-electron chi connectivity index (χ3n) is 9.44. The van der Waals surface area contributed by atoms with E-state index in [1.807, 2.05) is 60.8 Å². The van der Waals surface area contributed by atoms with Gasteiger partial charge < -0.3 is 14.4 Å².